The summed E-state index contributed by atoms with van der Waals surface area (Å²) in [5, 5.41) is 7.48. The van der Waals surface area contributed by atoms with E-state index in [0.29, 0.717) is 34.7 Å². The molecule has 7 nitrogen and oxygen atoms in total. The maximum absolute atomic E-state index is 12.9. The molecule has 1 aliphatic heterocycles. The monoisotopic (exact) mass is 412 g/mol. The van der Waals surface area contributed by atoms with Crippen LogP contribution in [-0.4, -0.2) is 34.7 Å². The van der Waals surface area contributed by atoms with Crippen molar-refractivity contribution in [2.45, 2.75) is 25.8 Å². The average molecular weight is 413 g/mol. The largest absolute Gasteiger partial charge is 0.496 e. The zero-order valence-corrected chi connectivity index (χ0v) is 16.9. The van der Waals surface area contributed by atoms with Gasteiger partial charge in [-0.1, -0.05) is 35.0 Å². The second-order valence-corrected chi connectivity index (χ2v) is 7.33. The number of likely N-dealkylation sites (tertiary alicyclic amines) is 1. The Morgan fingerprint density at radius 1 is 1.31 bits per heavy atom. The number of halogens is 1. The van der Waals surface area contributed by atoms with Crippen LogP contribution in [0.5, 0.6) is 5.75 Å². The number of carbonyl (C=O) groups is 1. The first kappa shape index (κ1) is 19.3. The smallest absolute Gasteiger partial charge is 0.322 e. The number of para-hydroxylation sites is 1. The topological polar surface area (TPSA) is 80.5 Å². The van der Waals surface area contributed by atoms with Gasteiger partial charge in [0.25, 0.3) is 0 Å². The van der Waals surface area contributed by atoms with Gasteiger partial charge in [-0.2, -0.15) is 4.98 Å². The van der Waals surface area contributed by atoms with Crippen LogP contribution in [0.4, 0.5) is 10.5 Å². The first-order chi connectivity index (χ1) is 14.1. The van der Waals surface area contributed by atoms with Gasteiger partial charge in [0.1, 0.15) is 11.8 Å². The van der Waals surface area contributed by atoms with Crippen molar-refractivity contribution in [3.05, 3.63) is 58.9 Å². The molecule has 3 aromatic rings. The highest BCUT2D eigenvalue weighted by molar-refractivity contribution is 6.33. The van der Waals surface area contributed by atoms with Gasteiger partial charge >= 0.3 is 6.03 Å². The number of benzene rings is 2. The number of aryl methyl sites for hydroxylation is 1. The minimum atomic E-state index is -0.282. The summed E-state index contributed by atoms with van der Waals surface area (Å²) in [5.74, 6) is 1.51. The number of carbonyl (C=O) groups excluding carboxylic acids is 1. The van der Waals surface area contributed by atoms with E-state index in [1.54, 1.807) is 18.1 Å². The van der Waals surface area contributed by atoms with Crippen LogP contribution in [-0.2, 0) is 0 Å². The Balaban J connectivity index is 1.54. The van der Waals surface area contributed by atoms with Crippen LogP contribution in [0.2, 0.25) is 5.02 Å². The lowest BCUT2D eigenvalue weighted by Crippen LogP contribution is -2.34. The molecule has 1 N–H and O–H groups in total. The predicted octanol–water partition coefficient (Wildman–Crippen LogP) is 5.08. The molecule has 1 atom stereocenters. The Kier molecular flexibility index (Phi) is 5.40. The van der Waals surface area contributed by atoms with Crippen molar-refractivity contribution in [3.63, 3.8) is 0 Å². The average Bonchev–Trinajstić information content (AvgIpc) is 3.39. The molecular weight excluding hydrogens is 392 g/mol. The Labute approximate surface area is 173 Å². The lowest BCUT2D eigenvalue weighted by molar-refractivity contribution is 0.193. The second-order valence-electron chi connectivity index (χ2n) is 6.92. The summed E-state index contributed by atoms with van der Waals surface area (Å²) >= 11 is 6.25. The van der Waals surface area contributed by atoms with Gasteiger partial charge in [0.2, 0.25) is 11.7 Å². The number of nitrogens with one attached hydrogen (secondary N) is 1. The molecular formula is C21H21ClN4O3. The molecule has 0 spiro atoms. The Morgan fingerprint density at radius 3 is 2.93 bits per heavy atom. The molecule has 2 amide bonds. The Bertz CT molecular complexity index is 1040. The van der Waals surface area contributed by atoms with Crippen molar-refractivity contribution < 1.29 is 14.1 Å². The van der Waals surface area contributed by atoms with Crippen LogP contribution in [0.15, 0.2) is 47.0 Å². The first-order valence-electron chi connectivity index (χ1n) is 9.37. The highest BCUT2D eigenvalue weighted by Gasteiger charge is 2.34. The summed E-state index contributed by atoms with van der Waals surface area (Å²) in [5.41, 5.74) is 2.35. The van der Waals surface area contributed by atoms with Crippen molar-refractivity contribution in [2.75, 3.05) is 19.0 Å². The molecule has 8 heteroatoms. The summed E-state index contributed by atoms with van der Waals surface area (Å²) in [4.78, 5) is 19.1. The predicted molar refractivity (Wildman–Crippen MR) is 110 cm³/mol. The molecule has 0 radical (unpaired) electrons. The molecule has 29 heavy (non-hydrogen) atoms. The number of aromatic nitrogens is 2. The SMILES string of the molecule is COc1ccccc1-c1noc(C2CCCN2C(=O)Nc2ccc(C)cc2Cl)n1. The van der Waals surface area contributed by atoms with Crippen molar-refractivity contribution >= 4 is 23.3 Å². The van der Waals surface area contributed by atoms with Gasteiger partial charge in [0.05, 0.1) is 23.4 Å². The lowest BCUT2D eigenvalue weighted by atomic mass is 10.2. The molecule has 2 aromatic carbocycles. The number of ether oxygens (including phenoxy) is 1. The maximum Gasteiger partial charge on any atom is 0.322 e. The third-order valence-electron chi connectivity index (χ3n) is 4.95. The lowest BCUT2D eigenvalue weighted by Gasteiger charge is -2.22. The van der Waals surface area contributed by atoms with E-state index >= 15 is 0 Å². The number of hydrogen-bond donors (Lipinski definition) is 1. The molecule has 2 heterocycles. The fraction of sp³-hybridized carbons (Fsp3) is 0.286. The zero-order valence-electron chi connectivity index (χ0n) is 16.2. The standard InChI is InChI=1S/C21H21ClN4O3/c1-13-9-10-16(15(22)12-13)23-21(27)26-11-5-7-17(26)20-24-19(25-29-20)14-6-3-4-8-18(14)28-2/h3-4,6,8-10,12,17H,5,7,11H2,1-2H3,(H,23,27). The van der Waals surface area contributed by atoms with Gasteiger partial charge in [-0.3, -0.25) is 0 Å². The molecule has 4 rings (SSSR count). The number of nitrogens with zero attached hydrogens (tertiary/aromatic N) is 3. The molecule has 1 unspecified atom stereocenters. The fourth-order valence-corrected chi connectivity index (χ4v) is 3.77. The third kappa shape index (κ3) is 3.91. The van der Waals surface area contributed by atoms with E-state index in [1.165, 1.54) is 0 Å². The van der Waals surface area contributed by atoms with Crippen LogP contribution >= 0.6 is 11.6 Å². The van der Waals surface area contributed by atoms with Gasteiger partial charge in [0, 0.05) is 6.54 Å². The number of urea groups is 1. The van der Waals surface area contributed by atoms with Crippen LogP contribution in [0, 0.1) is 6.92 Å². The molecule has 0 aliphatic carbocycles. The number of hydrogen-bond acceptors (Lipinski definition) is 5. The molecule has 0 bridgehead atoms. The van der Waals surface area contributed by atoms with E-state index in [4.69, 9.17) is 20.9 Å². The van der Waals surface area contributed by atoms with Gasteiger partial charge < -0.3 is 19.5 Å². The number of rotatable bonds is 4. The summed E-state index contributed by atoms with van der Waals surface area (Å²) in [6, 6.07) is 12.5. The van der Waals surface area contributed by atoms with E-state index in [1.807, 2.05) is 43.3 Å². The van der Waals surface area contributed by atoms with Crippen LogP contribution < -0.4 is 10.1 Å². The second kappa shape index (κ2) is 8.13. The molecule has 0 saturated carbocycles. The normalized spacial score (nSPS) is 16.1. The van der Waals surface area contributed by atoms with Gasteiger partial charge in [-0.15, -0.1) is 0 Å². The highest BCUT2D eigenvalue weighted by Crippen LogP contribution is 2.34. The maximum atomic E-state index is 12.9. The zero-order chi connectivity index (χ0) is 20.4. The van der Waals surface area contributed by atoms with Crippen LogP contribution in [0.1, 0.15) is 30.3 Å². The molecule has 150 valence electrons. The third-order valence-corrected chi connectivity index (χ3v) is 5.27. The highest BCUT2D eigenvalue weighted by atomic mass is 35.5. The van der Waals surface area contributed by atoms with Crippen molar-refractivity contribution in [1.82, 2.24) is 15.0 Å². The molecule has 1 fully saturated rings. The van der Waals surface area contributed by atoms with Crippen LogP contribution in [0.25, 0.3) is 11.4 Å². The van der Waals surface area contributed by atoms with E-state index in [-0.39, 0.29) is 12.1 Å². The number of amides is 2. The summed E-state index contributed by atoms with van der Waals surface area (Å²) in [7, 11) is 1.60. The molecule has 1 saturated heterocycles. The summed E-state index contributed by atoms with van der Waals surface area (Å²) in [6.45, 7) is 2.55. The van der Waals surface area contributed by atoms with E-state index in [2.05, 4.69) is 15.5 Å². The van der Waals surface area contributed by atoms with Crippen molar-refractivity contribution in [2.24, 2.45) is 0 Å². The summed E-state index contributed by atoms with van der Waals surface area (Å²) < 4.78 is 10.9. The summed E-state index contributed by atoms with van der Waals surface area (Å²) in [6.07, 6.45) is 1.61. The minimum absolute atomic E-state index is 0.240. The Morgan fingerprint density at radius 2 is 2.14 bits per heavy atom. The molecule has 1 aromatic heterocycles. The fourth-order valence-electron chi connectivity index (χ4n) is 3.48. The van der Waals surface area contributed by atoms with Gasteiger partial charge in [0.15, 0.2) is 0 Å². The van der Waals surface area contributed by atoms with Crippen molar-refractivity contribution in [1.29, 1.82) is 0 Å². The van der Waals surface area contributed by atoms with E-state index < -0.39 is 0 Å². The molecule has 1 aliphatic rings. The van der Waals surface area contributed by atoms with Crippen LogP contribution in [0.3, 0.4) is 0 Å². The minimum Gasteiger partial charge on any atom is -0.496 e. The van der Waals surface area contributed by atoms with E-state index in [9.17, 15) is 4.79 Å². The first-order valence-corrected chi connectivity index (χ1v) is 9.75. The number of methoxy groups -OCH3 is 1. The van der Waals surface area contributed by atoms with E-state index in [0.717, 1.165) is 24.0 Å². The quantitative estimate of drug-likeness (QED) is 0.646. The Hall–Kier alpha value is -3.06. The number of anilines is 1. The van der Waals surface area contributed by atoms with Crippen molar-refractivity contribution in [3.8, 4) is 17.1 Å². The van der Waals surface area contributed by atoms with Gasteiger partial charge in [-0.25, -0.2) is 4.79 Å². The van der Waals surface area contributed by atoms with Gasteiger partial charge in [-0.05, 0) is 49.6 Å².